The summed E-state index contributed by atoms with van der Waals surface area (Å²) in [6.45, 7) is 9.79. The third-order valence-electron chi connectivity index (χ3n) is 9.53. The second-order valence-corrected chi connectivity index (χ2v) is 13.8. The molecule has 0 heterocycles. The molecule has 7 aromatic rings. The summed E-state index contributed by atoms with van der Waals surface area (Å²) in [6.07, 6.45) is 9.73. The molecular weight excluding hydrogens is 685 g/mol. The van der Waals surface area contributed by atoms with Gasteiger partial charge in [0.05, 0.1) is 0 Å². The average molecular weight is 729 g/mol. The van der Waals surface area contributed by atoms with E-state index in [1.54, 1.807) is 12.1 Å². The van der Waals surface area contributed by atoms with Crippen LogP contribution in [0, 0.1) is 20.8 Å². The zero-order valence-corrected chi connectivity index (χ0v) is 32.0. The first-order chi connectivity index (χ1) is 27.3. The zero-order chi connectivity index (χ0) is 38.9. The summed E-state index contributed by atoms with van der Waals surface area (Å²) < 4.78 is 5.29. The van der Waals surface area contributed by atoms with Gasteiger partial charge in [-0.25, -0.2) is 4.79 Å². The van der Waals surface area contributed by atoms with Crippen molar-refractivity contribution in [1.29, 1.82) is 0 Å². The second kappa shape index (κ2) is 17.3. The van der Waals surface area contributed by atoms with E-state index >= 15 is 0 Å². The van der Waals surface area contributed by atoms with Crippen LogP contribution in [0.15, 0.2) is 183 Å². The van der Waals surface area contributed by atoms with Gasteiger partial charge in [-0.05, 0) is 128 Å². The molecule has 0 aliphatic rings. The number of hydrogen-bond donors (Lipinski definition) is 0. The highest BCUT2D eigenvalue weighted by molar-refractivity contribution is 5.84. The predicted molar refractivity (Wildman–Crippen MR) is 237 cm³/mol. The lowest BCUT2D eigenvalue weighted by molar-refractivity contribution is -0.128. The molecule has 7 aromatic carbocycles. The third-order valence-corrected chi connectivity index (χ3v) is 9.53. The van der Waals surface area contributed by atoms with E-state index in [9.17, 15) is 4.79 Å². The highest BCUT2D eigenvalue weighted by Gasteiger charge is 2.14. The van der Waals surface area contributed by atoms with Gasteiger partial charge in [-0.2, -0.15) is 0 Å². The van der Waals surface area contributed by atoms with E-state index in [1.807, 2.05) is 12.1 Å². The van der Waals surface area contributed by atoms with Crippen molar-refractivity contribution in [3.05, 3.63) is 221 Å². The molecule has 0 saturated heterocycles. The molecule has 0 aliphatic heterocycles. The van der Waals surface area contributed by atoms with E-state index in [0.717, 1.165) is 62.5 Å². The molecule has 4 nitrogen and oxygen atoms in total. The van der Waals surface area contributed by atoms with Crippen molar-refractivity contribution in [2.75, 3.05) is 9.80 Å². The van der Waals surface area contributed by atoms with Crippen molar-refractivity contribution in [3.63, 3.8) is 0 Å². The Labute approximate surface area is 330 Å². The van der Waals surface area contributed by atoms with E-state index in [1.165, 1.54) is 16.7 Å². The van der Waals surface area contributed by atoms with Gasteiger partial charge in [0.15, 0.2) is 0 Å². The lowest BCUT2D eigenvalue weighted by atomic mass is 10.1. The molecule has 56 heavy (non-hydrogen) atoms. The van der Waals surface area contributed by atoms with E-state index in [0.29, 0.717) is 5.75 Å². The summed E-state index contributed by atoms with van der Waals surface area (Å²) in [5, 5.41) is 0. The Kier molecular flexibility index (Phi) is 11.5. The third kappa shape index (κ3) is 9.30. The number of nitrogens with zero attached hydrogens (tertiary/aromatic N) is 2. The molecular formula is C52H44N2O2. The molecule has 0 fully saturated rings. The lowest BCUT2D eigenvalue weighted by Crippen LogP contribution is -2.10. The summed E-state index contributed by atoms with van der Waals surface area (Å²) in [5.41, 5.74) is 14.6. The number of carbonyl (C=O) groups is 1. The largest absolute Gasteiger partial charge is 0.423 e. The minimum atomic E-state index is -0.484. The normalized spacial score (nSPS) is 11.1. The molecule has 274 valence electrons. The van der Waals surface area contributed by atoms with Crippen LogP contribution < -0.4 is 14.5 Å². The van der Waals surface area contributed by atoms with Crippen LogP contribution in [0.25, 0.3) is 24.3 Å². The maximum Gasteiger partial charge on any atom is 0.335 e. The summed E-state index contributed by atoms with van der Waals surface area (Å²) >= 11 is 0. The van der Waals surface area contributed by atoms with E-state index in [4.69, 9.17) is 4.74 Å². The number of anilines is 6. The van der Waals surface area contributed by atoms with Gasteiger partial charge in [0.2, 0.25) is 0 Å². The van der Waals surface area contributed by atoms with Crippen molar-refractivity contribution < 1.29 is 9.53 Å². The molecule has 0 unspecified atom stereocenters. The van der Waals surface area contributed by atoms with Crippen LogP contribution in [0.5, 0.6) is 5.75 Å². The van der Waals surface area contributed by atoms with Gasteiger partial charge in [-0.1, -0.05) is 133 Å². The van der Waals surface area contributed by atoms with Crippen LogP contribution in [0.4, 0.5) is 34.1 Å². The molecule has 7 rings (SSSR count). The SMILES string of the molecule is C=CC(=O)Oc1ccc(N(c2ccc(C)cc2)c2ccc(C=Cc3ccc(C=Cc4ccc(N(c5ccc(C)cc5)c5ccc(C)cc5)cc4)cc3)cc2)cc1. The molecule has 0 spiro atoms. The minimum absolute atomic E-state index is 0.470. The number of ether oxygens (including phenoxy) is 1. The summed E-state index contributed by atoms with van der Waals surface area (Å²) in [7, 11) is 0. The Bertz CT molecular complexity index is 2400. The number of aryl methyl sites for hydroxylation is 3. The summed E-state index contributed by atoms with van der Waals surface area (Å²) in [5.74, 6) is -0.0137. The lowest BCUT2D eigenvalue weighted by Gasteiger charge is -2.26. The Balaban J connectivity index is 1.02. The first-order valence-corrected chi connectivity index (χ1v) is 18.7. The van der Waals surface area contributed by atoms with Crippen LogP contribution in [-0.2, 0) is 4.79 Å². The van der Waals surface area contributed by atoms with Crippen LogP contribution in [0.2, 0.25) is 0 Å². The molecule has 0 N–H and O–H groups in total. The smallest absolute Gasteiger partial charge is 0.335 e. The maximum atomic E-state index is 11.7. The fraction of sp³-hybridized carbons (Fsp3) is 0.0577. The average Bonchev–Trinajstić information content (AvgIpc) is 3.23. The number of benzene rings is 7. The predicted octanol–water partition coefficient (Wildman–Crippen LogP) is 14.0. The number of carbonyl (C=O) groups excluding carboxylic acids is 1. The van der Waals surface area contributed by atoms with Crippen LogP contribution in [0.3, 0.4) is 0 Å². The molecule has 0 atom stereocenters. The van der Waals surface area contributed by atoms with Crippen molar-refractivity contribution in [2.24, 2.45) is 0 Å². The molecule has 0 radical (unpaired) electrons. The highest BCUT2D eigenvalue weighted by Crippen LogP contribution is 2.37. The molecule has 0 amide bonds. The molecule has 0 bridgehead atoms. The molecule has 0 aliphatic carbocycles. The Morgan fingerprint density at radius 2 is 0.625 bits per heavy atom. The standard InChI is InChI=1S/C52H44N2O2/c1-5-52(55)56-51-36-34-50(35-37-51)54(47-28-10-40(4)11-29-47)49-32-22-44(23-33-49)19-17-42-14-12-41(13-15-42)16-18-43-20-30-48(31-21-43)53(45-24-6-38(2)7-25-45)46-26-8-39(3)9-27-46/h5-37H,1H2,2-4H3. The monoisotopic (exact) mass is 728 g/mol. The quantitative estimate of drug-likeness (QED) is 0.0543. The van der Waals surface area contributed by atoms with Gasteiger partial charge in [0.25, 0.3) is 0 Å². The Morgan fingerprint density at radius 1 is 0.393 bits per heavy atom. The van der Waals surface area contributed by atoms with Crippen LogP contribution in [0.1, 0.15) is 38.9 Å². The molecule has 0 aromatic heterocycles. The van der Waals surface area contributed by atoms with E-state index in [-0.39, 0.29) is 0 Å². The molecule has 0 saturated carbocycles. The topological polar surface area (TPSA) is 32.8 Å². The number of hydrogen-bond acceptors (Lipinski definition) is 4. The van der Waals surface area contributed by atoms with Crippen molar-refractivity contribution in [2.45, 2.75) is 20.8 Å². The summed E-state index contributed by atoms with van der Waals surface area (Å²) in [6, 6.07) is 59.0. The van der Waals surface area contributed by atoms with Gasteiger partial charge in [0.1, 0.15) is 5.75 Å². The van der Waals surface area contributed by atoms with Gasteiger partial charge in [-0.15, -0.1) is 0 Å². The van der Waals surface area contributed by atoms with Gasteiger partial charge >= 0.3 is 5.97 Å². The summed E-state index contributed by atoms with van der Waals surface area (Å²) in [4.78, 5) is 16.2. The van der Waals surface area contributed by atoms with Crippen LogP contribution in [-0.4, -0.2) is 5.97 Å². The molecule has 4 heteroatoms. The fourth-order valence-electron chi connectivity index (χ4n) is 6.37. The number of rotatable bonds is 12. The first kappa shape index (κ1) is 37.2. The van der Waals surface area contributed by atoms with Crippen molar-refractivity contribution >= 4 is 64.4 Å². The maximum absolute atomic E-state index is 11.7. The highest BCUT2D eigenvalue weighted by atomic mass is 16.5. The Morgan fingerprint density at radius 3 is 0.893 bits per heavy atom. The van der Waals surface area contributed by atoms with Gasteiger partial charge < -0.3 is 14.5 Å². The van der Waals surface area contributed by atoms with Crippen molar-refractivity contribution in [1.82, 2.24) is 0 Å². The van der Waals surface area contributed by atoms with Crippen molar-refractivity contribution in [3.8, 4) is 5.75 Å². The second-order valence-electron chi connectivity index (χ2n) is 13.8. The van der Waals surface area contributed by atoms with E-state index in [2.05, 4.69) is 207 Å². The van der Waals surface area contributed by atoms with Crippen LogP contribution >= 0.6 is 0 Å². The van der Waals surface area contributed by atoms with Gasteiger partial charge in [0, 0.05) is 40.2 Å². The minimum Gasteiger partial charge on any atom is -0.423 e. The fourth-order valence-corrected chi connectivity index (χ4v) is 6.37. The zero-order valence-electron chi connectivity index (χ0n) is 32.0. The first-order valence-electron chi connectivity index (χ1n) is 18.7. The van der Waals surface area contributed by atoms with Gasteiger partial charge in [-0.3, -0.25) is 0 Å². The Hall–Kier alpha value is -7.17. The number of esters is 1. The van der Waals surface area contributed by atoms with E-state index < -0.39 is 5.97 Å².